The maximum absolute atomic E-state index is 12.7. The molecule has 0 N–H and O–H groups in total. The molecule has 9 nitrogen and oxygen atoms in total. The molecule has 0 aliphatic heterocycles. The summed E-state index contributed by atoms with van der Waals surface area (Å²) in [5, 5.41) is 1.42. The molecule has 35 heavy (non-hydrogen) atoms. The molecule has 0 saturated heterocycles. The molecule has 0 aliphatic carbocycles. The molecule has 0 radical (unpaired) electrons. The molecule has 0 saturated carbocycles. The third kappa shape index (κ3) is 5.48. The van der Waals surface area contributed by atoms with Crippen molar-refractivity contribution in [2.45, 2.75) is 18.5 Å². The molecule has 182 valence electrons. The van der Waals surface area contributed by atoms with Crippen LogP contribution in [0.15, 0.2) is 58.2 Å². The van der Waals surface area contributed by atoms with Gasteiger partial charge in [0, 0.05) is 18.5 Å². The van der Waals surface area contributed by atoms with Gasteiger partial charge in [0.15, 0.2) is 23.7 Å². The van der Waals surface area contributed by atoms with Crippen LogP contribution in [0.5, 0.6) is 11.5 Å². The van der Waals surface area contributed by atoms with E-state index in [1.54, 1.807) is 25.2 Å². The monoisotopic (exact) mass is 495 g/mol. The predicted molar refractivity (Wildman–Crippen MR) is 132 cm³/mol. The first kappa shape index (κ1) is 24.3. The Labute approximate surface area is 206 Å². The zero-order valence-corrected chi connectivity index (χ0v) is 20.5. The van der Waals surface area contributed by atoms with Crippen molar-refractivity contribution in [3.8, 4) is 11.5 Å². The number of para-hydroxylation sites is 1. The lowest BCUT2D eigenvalue weighted by atomic mass is 10.2. The largest absolute Gasteiger partial charge is 0.493 e. The van der Waals surface area contributed by atoms with Crippen molar-refractivity contribution < 1.29 is 28.2 Å². The summed E-state index contributed by atoms with van der Waals surface area (Å²) in [5.74, 6) is 0.370. The number of rotatable bonds is 10. The van der Waals surface area contributed by atoms with Gasteiger partial charge in [0.25, 0.3) is 5.91 Å². The summed E-state index contributed by atoms with van der Waals surface area (Å²) < 4.78 is 21.7. The molecule has 2 aromatic carbocycles. The van der Waals surface area contributed by atoms with E-state index >= 15 is 0 Å². The number of hydrogen-bond donors (Lipinski definition) is 0. The van der Waals surface area contributed by atoms with Crippen LogP contribution in [0.4, 0.5) is 0 Å². The number of benzene rings is 2. The van der Waals surface area contributed by atoms with Gasteiger partial charge in [-0.15, -0.1) is 0 Å². The Morgan fingerprint density at radius 1 is 1.06 bits per heavy atom. The van der Waals surface area contributed by atoms with Crippen molar-refractivity contribution in [2.24, 2.45) is 0 Å². The Bertz CT molecular complexity index is 1360. The summed E-state index contributed by atoms with van der Waals surface area (Å²) in [6.07, 6.45) is 1.44. The van der Waals surface area contributed by atoms with Gasteiger partial charge in [0.2, 0.25) is 0 Å². The fraction of sp³-hybridized carbons (Fsp3) is 0.280. The number of amides is 1. The second kappa shape index (κ2) is 11.1. The summed E-state index contributed by atoms with van der Waals surface area (Å²) >= 11 is 1.18. The van der Waals surface area contributed by atoms with Gasteiger partial charge >= 0.3 is 5.97 Å². The number of nitrogens with zero attached hydrogens (tertiary/aromatic N) is 3. The second-order valence-electron chi connectivity index (χ2n) is 7.50. The van der Waals surface area contributed by atoms with Gasteiger partial charge in [-0.3, -0.25) is 9.59 Å². The van der Waals surface area contributed by atoms with E-state index in [0.717, 1.165) is 10.9 Å². The maximum atomic E-state index is 12.7. The van der Waals surface area contributed by atoms with E-state index in [9.17, 15) is 9.59 Å². The summed E-state index contributed by atoms with van der Waals surface area (Å²) in [6.45, 7) is 2.34. The van der Waals surface area contributed by atoms with Crippen molar-refractivity contribution in [3.63, 3.8) is 0 Å². The molecule has 0 unspecified atom stereocenters. The molecular formula is C25H25N3O6S. The normalized spacial score (nSPS) is 10.9. The van der Waals surface area contributed by atoms with Crippen molar-refractivity contribution >= 4 is 45.7 Å². The number of carbonyl (C=O) groups is 2. The number of furan rings is 1. The molecule has 0 atom stereocenters. The predicted octanol–water partition coefficient (Wildman–Crippen LogP) is 4.08. The summed E-state index contributed by atoms with van der Waals surface area (Å²) in [5.41, 5.74) is 2.79. The molecule has 4 rings (SSSR count). The average Bonchev–Trinajstić information content (AvgIpc) is 3.28. The molecule has 0 bridgehead atoms. The minimum Gasteiger partial charge on any atom is -0.493 e. The fourth-order valence-corrected chi connectivity index (χ4v) is 4.31. The number of thioether (sulfide) groups is 1. The van der Waals surface area contributed by atoms with Crippen molar-refractivity contribution in [2.75, 3.05) is 33.1 Å². The lowest BCUT2D eigenvalue weighted by Crippen LogP contribution is -2.34. The molecule has 0 spiro atoms. The van der Waals surface area contributed by atoms with Crippen LogP contribution >= 0.6 is 11.8 Å². The quantitative estimate of drug-likeness (QED) is 0.183. The highest BCUT2D eigenvalue weighted by Crippen LogP contribution is 2.32. The number of hydrogen-bond acceptors (Lipinski definition) is 9. The molecule has 2 heterocycles. The molecule has 0 fully saturated rings. The van der Waals surface area contributed by atoms with E-state index in [2.05, 4.69) is 9.97 Å². The highest BCUT2D eigenvalue weighted by molar-refractivity contribution is 8.00. The van der Waals surface area contributed by atoms with E-state index in [4.69, 9.17) is 18.6 Å². The number of carbonyl (C=O) groups excluding carboxylic acids is 2. The lowest BCUT2D eigenvalue weighted by molar-refractivity contribution is -0.150. The number of esters is 1. The fourth-order valence-electron chi connectivity index (χ4n) is 3.58. The minimum absolute atomic E-state index is 0.0156. The Kier molecular flexibility index (Phi) is 7.71. The highest BCUT2D eigenvalue weighted by Gasteiger charge is 2.18. The topological polar surface area (TPSA) is 104 Å². The first-order valence-electron chi connectivity index (χ1n) is 10.9. The Hall–Kier alpha value is -3.79. The van der Waals surface area contributed by atoms with Crippen molar-refractivity contribution in [1.29, 1.82) is 0 Å². The van der Waals surface area contributed by atoms with Crippen LogP contribution in [0.3, 0.4) is 0 Å². The number of likely N-dealkylation sites (N-methyl/N-ethyl adjacent to an activating group) is 1. The maximum Gasteiger partial charge on any atom is 0.316 e. The highest BCUT2D eigenvalue weighted by atomic mass is 32.2. The number of methoxy groups -OCH3 is 2. The molecule has 1 amide bonds. The minimum atomic E-state index is -0.520. The van der Waals surface area contributed by atoms with Gasteiger partial charge in [-0.1, -0.05) is 30.0 Å². The van der Waals surface area contributed by atoms with Gasteiger partial charge in [0.05, 0.1) is 20.0 Å². The standard InChI is InChI=1S/C25H25N3O6S/c1-4-28(12-16-9-10-19(31-2)20(11-16)32-3)21(29)13-33-22(30)14-35-25-24-23(26-15-27-25)17-7-5-6-8-18(17)34-24/h5-11,15H,4,12-14H2,1-3H3. The van der Waals surface area contributed by atoms with Crippen LogP contribution in [0.1, 0.15) is 12.5 Å². The van der Waals surface area contributed by atoms with E-state index in [1.165, 1.54) is 18.1 Å². The van der Waals surface area contributed by atoms with E-state index < -0.39 is 5.97 Å². The van der Waals surface area contributed by atoms with Crippen molar-refractivity contribution in [1.82, 2.24) is 14.9 Å². The smallest absolute Gasteiger partial charge is 0.316 e. The number of ether oxygens (including phenoxy) is 3. The third-order valence-corrected chi connectivity index (χ3v) is 6.31. The van der Waals surface area contributed by atoms with E-state index in [-0.39, 0.29) is 18.3 Å². The summed E-state index contributed by atoms with van der Waals surface area (Å²) in [7, 11) is 3.12. The summed E-state index contributed by atoms with van der Waals surface area (Å²) in [4.78, 5) is 35.1. The zero-order valence-electron chi connectivity index (χ0n) is 19.6. The van der Waals surface area contributed by atoms with E-state index in [1.807, 2.05) is 43.3 Å². The van der Waals surface area contributed by atoms with Crippen LogP contribution in [0, 0.1) is 0 Å². The van der Waals surface area contributed by atoms with Crippen LogP contribution in [-0.4, -0.2) is 59.9 Å². The molecule has 10 heteroatoms. The Morgan fingerprint density at radius 3 is 2.63 bits per heavy atom. The van der Waals surface area contributed by atoms with Gasteiger partial charge in [0.1, 0.15) is 22.5 Å². The van der Waals surface area contributed by atoms with Crippen molar-refractivity contribution in [3.05, 3.63) is 54.4 Å². The van der Waals surface area contributed by atoms with Gasteiger partial charge < -0.3 is 23.5 Å². The SMILES string of the molecule is CCN(Cc1ccc(OC)c(OC)c1)C(=O)COC(=O)CSc1ncnc2c1oc1ccccc12. The Morgan fingerprint density at radius 2 is 1.86 bits per heavy atom. The molecular weight excluding hydrogens is 470 g/mol. The second-order valence-corrected chi connectivity index (χ2v) is 8.47. The Balaban J connectivity index is 1.33. The molecule has 4 aromatic rings. The van der Waals surface area contributed by atoms with Crippen LogP contribution in [0.2, 0.25) is 0 Å². The summed E-state index contributed by atoms with van der Waals surface area (Å²) in [6, 6.07) is 13.0. The first-order chi connectivity index (χ1) is 17.0. The van der Waals surface area contributed by atoms with Gasteiger partial charge in [-0.05, 0) is 36.8 Å². The first-order valence-corrected chi connectivity index (χ1v) is 11.9. The van der Waals surface area contributed by atoms with Crippen LogP contribution in [-0.2, 0) is 20.9 Å². The third-order valence-electron chi connectivity index (χ3n) is 5.36. The van der Waals surface area contributed by atoms with E-state index in [0.29, 0.717) is 46.3 Å². The lowest BCUT2D eigenvalue weighted by Gasteiger charge is -2.21. The zero-order chi connectivity index (χ0) is 24.8. The van der Waals surface area contributed by atoms with Gasteiger partial charge in [-0.25, -0.2) is 9.97 Å². The van der Waals surface area contributed by atoms with Crippen LogP contribution < -0.4 is 9.47 Å². The average molecular weight is 496 g/mol. The van der Waals surface area contributed by atoms with Gasteiger partial charge in [-0.2, -0.15) is 0 Å². The molecule has 2 aromatic heterocycles. The van der Waals surface area contributed by atoms with Crippen LogP contribution in [0.25, 0.3) is 22.1 Å². The number of fused-ring (bicyclic) bond motifs is 3. The molecule has 0 aliphatic rings. The number of aromatic nitrogens is 2.